The molecule has 0 radical (unpaired) electrons. The summed E-state index contributed by atoms with van der Waals surface area (Å²) in [5, 5.41) is 13.7. The molecule has 3 heterocycles. The van der Waals surface area contributed by atoms with Crippen LogP contribution in [0, 0.1) is 0 Å². The maximum atomic E-state index is 12.6. The van der Waals surface area contributed by atoms with Crippen LogP contribution in [-0.4, -0.2) is 39.3 Å². The molecule has 3 aromatic rings. The van der Waals surface area contributed by atoms with E-state index in [0.29, 0.717) is 6.42 Å². The second-order valence-corrected chi connectivity index (χ2v) is 6.83. The zero-order valence-corrected chi connectivity index (χ0v) is 14.9. The van der Waals surface area contributed by atoms with E-state index in [1.54, 1.807) is 18.5 Å². The molecule has 1 saturated heterocycles. The quantitative estimate of drug-likeness (QED) is 0.526. The number of para-hydroxylation sites is 1. The lowest BCUT2D eigenvalue weighted by Crippen LogP contribution is -2.45. The summed E-state index contributed by atoms with van der Waals surface area (Å²) in [5.41, 5.74) is 8.26. The number of pyridine rings is 1. The van der Waals surface area contributed by atoms with Crippen molar-refractivity contribution in [3.05, 3.63) is 66.6 Å². The fourth-order valence-electron chi connectivity index (χ4n) is 3.54. The van der Waals surface area contributed by atoms with Gasteiger partial charge in [0.2, 0.25) is 5.91 Å². The van der Waals surface area contributed by atoms with Crippen LogP contribution in [0.5, 0.6) is 0 Å². The Kier molecular flexibility index (Phi) is 5.15. The largest absolute Gasteiger partial charge is 0.394 e. The van der Waals surface area contributed by atoms with E-state index in [9.17, 15) is 9.90 Å². The number of aliphatic hydroxyl groups is 1. The fourth-order valence-corrected chi connectivity index (χ4v) is 3.54. The maximum absolute atomic E-state index is 12.6. The minimum Gasteiger partial charge on any atom is -0.394 e. The van der Waals surface area contributed by atoms with Crippen molar-refractivity contribution in [3.63, 3.8) is 0 Å². The van der Waals surface area contributed by atoms with Gasteiger partial charge < -0.3 is 15.0 Å². The number of carbonyl (C=O) groups excluding carboxylic acids is 1. The molecule has 0 bridgehead atoms. The van der Waals surface area contributed by atoms with E-state index in [-0.39, 0.29) is 24.6 Å². The molecule has 7 nitrogen and oxygen atoms in total. The van der Waals surface area contributed by atoms with Crippen LogP contribution in [0.3, 0.4) is 0 Å². The van der Waals surface area contributed by atoms with E-state index >= 15 is 0 Å². The molecule has 4 N–H and O–H groups in total. The van der Waals surface area contributed by atoms with Crippen LogP contribution in [0.15, 0.2) is 61.1 Å². The molecule has 3 atom stereocenters. The Morgan fingerprint density at radius 3 is 2.96 bits per heavy atom. The molecule has 1 aromatic carbocycles. The Labute approximate surface area is 157 Å². The molecular formula is C20H23N5O2. The average molecular weight is 365 g/mol. The van der Waals surface area contributed by atoms with Crippen LogP contribution in [0.1, 0.15) is 18.0 Å². The number of hydrazine groups is 1. The number of amides is 1. The molecule has 1 amide bonds. The molecule has 1 fully saturated rings. The van der Waals surface area contributed by atoms with E-state index in [2.05, 4.69) is 50.1 Å². The molecule has 27 heavy (non-hydrogen) atoms. The number of hydrogen-bond acceptors (Lipinski definition) is 5. The van der Waals surface area contributed by atoms with Gasteiger partial charge in [-0.25, -0.2) is 5.43 Å². The summed E-state index contributed by atoms with van der Waals surface area (Å²) < 4.78 is 2.20. The zero-order chi connectivity index (χ0) is 18.6. The third-order valence-electron chi connectivity index (χ3n) is 4.98. The minimum atomic E-state index is -0.458. The first kappa shape index (κ1) is 17.7. The van der Waals surface area contributed by atoms with Crippen LogP contribution < -0.4 is 16.2 Å². The van der Waals surface area contributed by atoms with Gasteiger partial charge in [0, 0.05) is 36.7 Å². The van der Waals surface area contributed by atoms with Gasteiger partial charge >= 0.3 is 0 Å². The van der Waals surface area contributed by atoms with E-state index in [1.165, 1.54) is 10.9 Å². The first-order valence-electron chi connectivity index (χ1n) is 9.10. The van der Waals surface area contributed by atoms with Crippen molar-refractivity contribution in [3.8, 4) is 0 Å². The van der Waals surface area contributed by atoms with Crippen molar-refractivity contribution >= 4 is 16.8 Å². The number of benzene rings is 1. The predicted octanol–water partition coefficient (Wildman–Crippen LogP) is 1.12. The van der Waals surface area contributed by atoms with Crippen LogP contribution in [0.25, 0.3) is 10.9 Å². The third kappa shape index (κ3) is 3.85. The molecule has 0 spiro atoms. The normalized spacial score (nSPS) is 20.6. The van der Waals surface area contributed by atoms with Crippen LogP contribution >= 0.6 is 0 Å². The van der Waals surface area contributed by atoms with Gasteiger partial charge in [-0.15, -0.1) is 0 Å². The van der Waals surface area contributed by atoms with E-state index in [1.807, 2.05) is 18.2 Å². The summed E-state index contributed by atoms with van der Waals surface area (Å²) in [5.74, 6) is -0.134. The second kappa shape index (κ2) is 7.87. The van der Waals surface area contributed by atoms with Gasteiger partial charge in [-0.05, 0) is 35.6 Å². The number of aliphatic hydroxyl groups excluding tert-OH is 1. The molecular weight excluding hydrogens is 342 g/mol. The van der Waals surface area contributed by atoms with E-state index < -0.39 is 6.04 Å². The summed E-state index contributed by atoms with van der Waals surface area (Å²) in [6, 6.07) is 13.3. The summed E-state index contributed by atoms with van der Waals surface area (Å²) in [6.07, 6.45) is 6.06. The van der Waals surface area contributed by atoms with Gasteiger partial charge in [0.15, 0.2) is 0 Å². The van der Waals surface area contributed by atoms with E-state index in [4.69, 9.17) is 0 Å². The van der Waals surface area contributed by atoms with Crippen molar-refractivity contribution in [1.29, 1.82) is 0 Å². The molecule has 1 aliphatic heterocycles. The monoisotopic (exact) mass is 365 g/mol. The zero-order valence-electron chi connectivity index (χ0n) is 14.9. The molecule has 2 aromatic heterocycles. The summed E-state index contributed by atoms with van der Waals surface area (Å²) >= 11 is 0. The Bertz CT molecular complexity index is 911. The molecule has 7 heteroatoms. The number of carbonyl (C=O) groups is 1. The van der Waals surface area contributed by atoms with Crippen molar-refractivity contribution in [1.82, 2.24) is 25.7 Å². The van der Waals surface area contributed by atoms with Gasteiger partial charge in [-0.1, -0.05) is 24.3 Å². The van der Waals surface area contributed by atoms with Crippen molar-refractivity contribution in [2.45, 2.75) is 31.1 Å². The third-order valence-corrected chi connectivity index (χ3v) is 4.98. The molecule has 4 rings (SSSR count). The number of rotatable bonds is 6. The summed E-state index contributed by atoms with van der Waals surface area (Å²) in [4.78, 5) is 16.6. The highest BCUT2D eigenvalue weighted by atomic mass is 16.3. The predicted molar refractivity (Wildman–Crippen MR) is 103 cm³/mol. The Hall–Kier alpha value is -2.74. The van der Waals surface area contributed by atoms with Gasteiger partial charge in [0.1, 0.15) is 6.04 Å². The van der Waals surface area contributed by atoms with Crippen LogP contribution in [-0.2, 0) is 11.3 Å². The Balaban J connectivity index is 1.37. The van der Waals surface area contributed by atoms with E-state index in [0.717, 1.165) is 12.1 Å². The lowest BCUT2D eigenvalue weighted by atomic mass is 10.1. The highest BCUT2D eigenvalue weighted by Gasteiger charge is 2.30. The lowest BCUT2D eigenvalue weighted by molar-refractivity contribution is -0.124. The number of hydrogen-bond donors (Lipinski definition) is 4. The average Bonchev–Trinajstić information content (AvgIpc) is 3.35. The summed E-state index contributed by atoms with van der Waals surface area (Å²) in [7, 11) is 0. The lowest BCUT2D eigenvalue weighted by Gasteiger charge is -2.18. The molecule has 0 saturated carbocycles. The minimum absolute atomic E-state index is 0.134. The first-order valence-corrected chi connectivity index (χ1v) is 9.10. The highest BCUT2D eigenvalue weighted by molar-refractivity contribution is 5.82. The van der Waals surface area contributed by atoms with Gasteiger partial charge in [0.25, 0.3) is 0 Å². The molecule has 0 aliphatic carbocycles. The first-order chi connectivity index (χ1) is 13.2. The molecule has 1 aliphatic rings. The smallest absolute Gasteiger partial charge is 0.239 e. The van der Waals surface area contributed by atoms with Crippen LogP contribution in [0.4, 0.5) is 0 Å². The summed E-state index contributed by atoms with van der Waals surface area (Å²) in [6.45, 7) is 0.604. The number of nitrogens with zero attached hydrogens (tertiary/aromatic N) is 2. The second-order valence-electron chi connectivity index (χ2n) is 6.83. The number of nitrogens with one attached hydrogen (secondary N) is 3. The molecule has 140 valence electrons. The van der Waals surface area contributed by atoms with Gasteiger partial charge in [-0.3, -0.25) is 15.2 Å². The fraction of sp³-hybridized carbons (Fsp3) is 0.300. The molecule has 3 unspecified atom stereocenters. The van der Waals surface area contributed by atoms with Gasteiger partial charge in [-0.2, -0.15) is 0 Å². The SMILES string of the molecule is O=C(NC(CO)c1cccnc1)C1CC(Cn2ccc3ccccc32)NN1. The van der Waals surface area contributed by atoms with Gasteiger partial charge in [0.05, 0.1) is 12.6 Å². The van der Waals surface area contributed by atoms with Crippen LogP contribution in [0.2, 0.25) is 0 Å². The Morgan fingerprint density at radius 2 is 2.15 bits per heavy atom. The van der Waals surface area contributed by atoms with Crippen molar-refractivity contribution < 1.29 is 9.90 Å². The standard InChI is InChI=1S/C20H23N5O2/c26-13-18(15-5-3-8-21-11-15)22-20(27)17-10-16(23-24-17)12-25-9-7-14-4-1-2-6-19(14)25/h1-9,11,16-18,23-24,26H,10,12-13H2,(H,22,27). The topological polar surface area (TPSA) is 91.2 Å². The van der Waals surface area contributed by atoms with Crippen molar-refractivity contribution in [2.24, 2.45) is 0 Å². The van der Waals surface area contributed by atoms with Crippen molar-refractivity contribution in [2.75, 3.05) is 6.61 Å². The Morgan fingerprint density at radius 1 is 1.26 bits per heavy atom. The maximum Gasteiger partial charge on any atom is 0.239 e. The number of fused-ring (bicyclic) bond motifs is 1. The number of aromatic nitrogens is 2. The highest BCUT2D eigenvalue weighted by Crippen LogP contribution is 2.18.